The number of carbonyl (C=O) groups is 1. The minimum Gasteiger partial charge on any atom is -0.392 e. The molecule has 1 atom stereocenters. The SMILES string of the molecule is CCCCC(CC)CN1c2ccc(C=O)cc2Cc2cc(CO)ccc21. The van der Waals surface area contributed by atoms with E-state index in [-0.39, 0.29) is 6.61 Å². The van der Waals surface area contributed by atoms with Crippen molar-refractivity contribution in [1.82, 2.24) is 0 Å². The van der Waals surface area contributed by atoms with Crippen LogP contribution < -0.4 is 4.90 Å². The van der Waals surface area contributed by atoms with Crippen molar-refractivity contribution in [2.24, 2.45) is 5.92 Å². The van der Waals surface area contributed by atoms with Gasteiger partial charge in [0.05, 0.1) is 6.61 Å². The van der Waals surface area contributed by atoms with Crippen molar-refractivity contribution in [2.75, 3.05) is 11.4 Å². The van der Waals surface area contributed by atoms with E-state index in [1.165, 1.54) is 48.2 Å². The van der Waals surface area contributed by atoms with Gasteiger partial charge in [0.2, 0.25) is 0 Å². The third-order valence-corrected chi connectivity index (χ3v) is 5.51. The van der Waals surface area contributed by atoms with E-state index in [4.69, 9.17) is 0 Å². The van der Waals surface area contributed by atoms with Crippen molar-refractivity contribution in [3.63, 3.8) is 0 Å². The molecule has 138 valence electrons. The Bertz CT molecular complexity index is 769. The van der Waals surface area contributed by atoms with Crippen LogP contribution in [0.2, 0.25) is 0 Å². The third kappa shape index (κ3) is 3.83. The van der Waals surface area contributed by atoms with Crippen molar-refractivity contribution in [1.29, 1.82) is 0 Å². The lowest BCUT2D eigenvalue weighted by Gasteiger charge is -2.36. The monoisotopic (exact) mass is 351 g/mol. The van der Waals surface area contributed by atoms with Crippen LogP contribution >= 0.6 is 0 Å². The zero-order valence-electron chi connectivity index (χ0n) is 15.9. The third-order valence-electron chi connectivity index (χ3n) is 5.51. The first-order chi connectivity index (χ1) is 12.7. The summed E-state index contributed by atoms with van der Waals surface area (Å²) in [6.07, 6.45) is 6.63. The number of aliphatic hydroxyl groups is 1. The Hall–Kier alpha value is -2.13. The number of rotatable bonds is 8. The highest BCUT2D eigenvalue weighted by Gasteiger charge is 2.25. The number of hydrogen-bond acceptors (Lipinski definition) is 3. The van der Waals surface area contributed by atoms with Crippen LogP contribution in [0.4, 0.5) is 11.4 Å². The molecule has 0 aromatic heterocycles. The molecular weight excluding hydrogens is 322 g/mol. The highest BCUT2D eigenvalue weighted by molar-refractivity contribution is 5.81. The number of hydrogen-bond donors (Lipinski definition) is 1. The number of aliphatic hydroxyl groups excluding tert-OH is 1. The van der Waals surface area contributed by atoms with Crippen molar-refractivity contribution in [3.8, 4) is 0 Å². The van der Waals surface area contributed by atoms with Crippen molar-refractivity contribution in [2.45, 2.75) is 52.6 Å². The molecule has 0 radical (unpaired) electrons. The van der Waals surface area contributed by atoms with Crippen LogP contribution in [0.25, 0.3) is 0 Å². The van der Waals surface area contributed by atoms with Crippen LogP contribution in [0.5, 0.6) is 0 Å². The lowest BCUT2D eigenvalue weighted by molar-refractivity contribution is 0.112. The fraction of sp³-hybridized carbons (Fsp3) is 0.435. The molecule has 1 N–H and O–H groups in total. The molecule has 0 bridgehead atoms. The summed E-state index contributed by atoms with van der Waals surface area (Å²) in [7, 11) is 0. The quantitative estimate of drug-likeness (QED) is 0.660. The highest BCUT2D eigenvalue weighted by atomic mass is 16.3. The summed E-state index contributed by atoms with van der Waals surface area (Å²) in [5.74, 6) is 0.650. The number of anilines is 2. The number of nitrogens with zero attached hydrogens (tertiary/aromatic N) is 1. The van der Waals surface area contributed by atoms with Gasteiger partial charge >= 0.3 is 0 Å². The molecule has 2 aromatic carbocycles. The van der Waals surface area contributed by atoms with Gasteiger partial charge in [-0.1, -0.05) is 45.2 Å². The lowest BCUT2D eigenvalue weighted by atomic mass is 9.91. The summed E-state index contributed by atoms with van der Waals surface area (Å²) in [5.41, 5.74) is 6.55. The molecule has 0 fully saturated rings. The average molecular weight is 351 g/mol. The summed E-state index contributed by atoms with van der Waals surface area (Å²) >= 11 is 0. The zero-order valence-corrected chi connectivity index (χ0v) is 15.9. The molecule has 0 saturated carbocycles. The second-order valence-corrected chi connectivity index (χ2v) is 7.33. The van der Waals surface area contributed by atoms with Crippen LogP contribution in [0.15, 0.2) is 36.4 Å². The van der Waals surface area contributed by atoms with E-state index in [1.54, 1.807) is 0 Å². The summed E-state index contributed by atoms with van der Waals surface area (Å²) in [5, 5.41) is 9.50. The van der Waals surface area contributed by atoms with Crippen LogP contribution in [-0.2, 0) is 13.0 Å². The van der Waals surface area contributed by atoms with E-state index in [1.807, 2.05) is 18.2 Å². The van der Waals surface area contributed by atoms with Crippen molar-refractivity contribution < 1.29 is 9.90 Å². The number of carbonyl (C=O) groups excluding carboxylic acids is 1. The summed E-state index contributed by atoms with van der Waals surface area (Å²) in [6, 6.07) is 12.3. The van der Waals surface area contributed by atoms with E-state index >= 15 is 0 Å². The molecule has 3 nitrogen and oxygen atoms in total. The summed E-state index contributed by atoms with van der Waals surface area (Å²) in [4.78, 5) is 13.6. The van der Waals surface area contributed by atoms with Gasteiger partial charge in [0.15, 0.2) is 0 Å². The van der Waals surface area contributed by atoms with Gasteiger partial charge in [-0.15, -0.1) is 0 Å². The lowest BCUT2D eigenvalue weighted by Crippen LogP contribution is -2.29. The fourth-order valence-corrected chi connectivity index (χ4v) is 3.93. The Morgan fingerprint density at radius 3 is 2.50 bits per heavy atom. The van der Waals surface area contributed by atoms with E-state index < -0.39 is 0 Å². The molecule has 1 unspecified atom stereocenters. The van der Waals surface area contributed by atoms with Gasteiger partial charge in [-0.3, -0.25) is 4.79 Å². The second kappa shape index (κ2) is 8.50. The molecule has 1 aliphatic rings. The van der Waals surface area contributed by atoms with E-state index in [0.29, 0.717) is 5.92 Å². The molecule has 26 heavy (non-hydrogen) atoms. The van der Waals surface area contributed by atoms with Gasteiger partial charge in [-0.05, 0) is 53.3 Å². The predicted octanol–water partition coefficient (Wildman–Crippen LogP) is 5.25. The Kier molecular flexibility index (Phi) is 6.10. The molecule has 0 amide bonds. The molecule has 3 heteroatoms. The maximum atomic E-state index is 11.2. The molecule has 2 aromatic rings. The van der Waals surface area contributed by atoms with Crippen LogP contribution in [0.3, 0.4) is 0 Å². The molecule has 0 aliphatic carbocycles. The standard InChI is InChI=1S/C23H29NO2/c1-3-5-6-17(4-2)14-24-22-9-7-18(15-25)11-20(22)13-21-12-19(16-26)8-10-23(21)24/h7-12,15,17,26H,3-6,13-14,16H2,1-2H3. The molecule has 0 spiro atoms. The first-order valence-corrected chi connectivity index (χ1v) is 9.78. The topological polar surface area (TPSA) is 40.5 Å². The maximum absolute atomic E-state index is 11.2. The Morgan fingerprint density at radius 2 is 1.85 bits per heavy atom. The van der Waals surface area contributed by atoms with Gasteiger partial charge < -0.3 is 10.0 Å². The van der Waals surface area contributed by atoms with Crippen LogP contribution in [-0.4, -0.2) is 17.9 Å². The Balaban J connectivity index is 2.00. The summed E-state index contributed by atoms with van der Waals surface area (Å²) < 4.78 is 0. The van der Waals surface area contributed by atoms with E-state index in [0.717, 1.165) is 30.4 Å². The van der Waals surface area contributed by atoms with Crippen LogP contribution in [0.1, 0.15) is 66.6 Å². The largest absolute Gasteiger partial charge is 0.392 e. The number of unbranched alkanes of at least 4 members (excludes halogenated alkanes) is 1. The molecule has 3 rings (SSSR count). The number of benzene rings is 2. The molecule has 1 heterocycles. The molecular formula is C23H29NO2. The zero-order chi connectivity index (χ0) is 18.5. The smallest absolute Gasteiger partial charge is 0.150 e. The Labute approximate surface area is 156 Å². The Morgan fingerprint density at radius 1 is 1.12 bits per heavy atom. The second-order valence-electron chi connectivity index (χ2n) is 7.33. The highest BCUT2D eigenvalue weighted by Crippen LogP contribution is 2.40. The number of fused-ring (bicyclic) bond motifs is 2. The molecule has 1 aliphatic heterocycles. The number of aldehydes is 1. The van der Waals surface area contributed by atoms with Crippen molar-refractivity contribution in [3.05, 3.63) is 58.7 Å². The van der Waals surface area contributed by atoms with Crippen LogP contribution in [0, 0.1) is 5.92 Å². The van der Waals surface area contributed by atoms with Gasteiger partial charge in [0, 0.05) is 29.9 Å². The van der Waals surface area contributed by atoms with E-state index in [2.05, 4.69) is 36.9 Å². The van der Waals surface area contributed by atoms with Gasteiger partial charge in [-0.2, -0.15) is 0 Å². The van der Waals surface area contributed by atoms with Crippen molar-refractivity contribution >= 4 is 17.7 Å². The van der Waals surface area contributed by atoms with Gasteiger partial charge in [0.1, 0.15) is 6.29 Å². The predicted molar refractivity (Wildman–Crippen MR) is 107 cm³/mol. The minimum atomic E-state index is 0.0581. The van der Waals surface area contributed by atoms with E-state index in [9.17, 15) is 9.90 Å². The summed E-state index contributed by atoms with van der Waals surface area (Å²) in [6.45, 7) is 5.57. The van der Waals surface area contributed by atoms with Gasteiger partial charge in [0.25, 0.3) is 0 Å². The first-order valence-electron chi connectivity index (χ1n) is 9.78. The van der Waals surface area contributed by atoms with Gasteiger partial charge in [-0.25, -0.2) is 0 Å². The molecule has 0 saturated heterocycles. The minimum absolute atomic E-state index is 0.0581. The average Bonchev–Trinajstić information content (AvgIpc) is 2.69. The normalized spacial score (nSPS) is 13.9. The first kappa shape index (κ1) is 18.7. The maximum Gasteiger partial charge on any atom is 0.150 e. The fourth-order valence-electron chi connectivity index (χ4n) is 3.93.